The lowest BCUT2D eigenvalue weighted by molar-refractivity contribution is -0.136. The van der Waals surface area contributed by atoms with Crippen LogP contribution >= 0.6 is 0 Å². The minimum atomic E-state index is -0.971. The summed E-state index contributed by atoms with van der Waals surface area (Å²) >= 11 is 0. The first-order valence-electron chi connectivity index (χ1n) is 9.64. The Bertz CT molecular complexity index is 1030. The van der Waals surface area contributed by atoms with Gasteiger partial charge in [0.15, 0.2) is 0 Å². The number of aromatic nitrogens is 2. The monoisotopic (exact) mass is 393 g/mol. The highest BCUT2D eigenvalue weighted by molar-refractivity contribution is 6.25. The molecule has 1 saturated heterocycles. The zero-order chi connectivity index (χ0) is 20.1. The molecule has 3 N–H and O–H groups in total. The van der Waals surface area contributed by atoms with E-state index in [2.05, 4.69) is 20.8 Å². The van der Waals surface area contributed by atoms with Crippen molar-refractivity contribution in [3.05, 3.63) is 47.3 Å². The molecular formula is C20H19N5O4. The number of nitrogens with one attached hydrogen (secondary N) is 3. The molecule has 2 unspecified atom stereocenters. The molecule has 3 aliphatic rings. The summed E-state index contributed by atoms with van der Waals surface area (Å²) in [6, 6.07) is 4.10. The Balaban J connectivity index is 1.48. The average Bonchev–Trinajstić information content (AvgIpc) is 3.33. The first-order valence-corrected chi connectivity index (χ1v) is 9.64. The van der Waals surface area contributed by atoms with Gasteiger partial charge in [0.05, 0.1) is 23.4 Å². The summed E-state index contributed by atoms with van der Waals surface area (Å²) in [5.41, 5.74) is 2.10. The minimum Gasteiger partial charge on any atom is -0.377 e. The molecule has 3 heterocycles. The third kappa shape index (κ3) is 2.89. The van der Waals surface area contributed by atoms with Crippen molar-refractivity contribution in [3.63, 3.8) is 0 Å². The van der Waals surface area contributed by atoms with Crippen molar-refractivity contribution in [3.8, 4) is 0 Å². The molecule has 2 aliphatic heterocycles. The molecule has 1 saturated carbocycles. The molecule has 1 aromatic carbocycles. The Labute approximate surface area is 165 Å². The van der Waals surface area contributed by atoms with Crippen LogP contribution in [0.2, 0.25) is 0 Å². The number of imide groups is 2. The molecule has 5 rings (SSSR count). The van der Waals surface area contributed by atoms with Crippen LogP contribution in [0.15, 0.2) is 30.6 Å². The van der Waals surface area contributed by atoms with Gasteiger partial charge in [-0.25, -0.2) is 0 Å². The number of carbonyl (C=O) groups is 4. The van der Waals surface area contributed by atoms with Gasteiger partial charge in [-0.15, -0.1) is 0 Å². The third-order valence-electron chi connectivity index (χ3n) is 5.75. The molecule has 9 heteroatoms. The zero-order valence-corrected chi connectivity index (χ0v) is 15.5. The van der Waals surface area contributed by atoms with Gasteiger partial charge in [0.25, 0.3) is 11.8 Å². The molecule has 9 nitrogen and oxygen atoms in total. The molecule has 0 bridgehead atoms. The van der Waals surface area contributed by atoms with Crippen LogP contribution in [0.25, 0.3) is 0 Å². The number of hydrogen-bond acceptors (Lipinski definition) is 6. The molecule has 2 fully saturated rings. The predicted octanol–water partition coefficient (Wildman–Crippen LogP) is 1.37. The Morgan fingerprint density at radius 2 is 1.93 bits per heavy atom. The Morgan fingerprint density at radius 1 is 1.10 bits per heavy atom. The smallest absolute Gasteiger partial charge is 0.264 e. The number of fused-ring (bicyclic) bond motifs is 1. The van der Waals surface area contributed by atoms with Crippen LogP contribution in [0.4, 0.5) is 5.69 Å². The van der Waals surface area contributed by atoms with Crippen molar-refractivity contribution in [2.45, 2.75) is 37.8 Å². The summed E-state index contributed by atoms with van der Waals surface area (Å²) in [6.07, 6.45) is 5.96. The van der Waals surface area contributed by atoms with Gasteiger partial charge in [-0.2, -0.15) is 5.10 Å². The number of nitrogens with zero attached hydrogens (tertiary/aromatic N) is 2. The average molecular weight is 393 g/mol. The maximum Gasteiger partial charge on any atom is 0.264 e. The second-order valence-electron chi connectivity index (χ2n) is 7.67. The van der Waals surface area contributed by atoms with E-state index in [1.54, 1.807) is 24.4 Å². The minimum absolute atomic E-state index is 0.0206. The summed E-state index contributed by atoms with van der Waals surface area (Å²) in [5.74, 6) is -1.59. The van der Waals surface area contributed by atoms with Gasteiger partial charge >= 0.3 is 0 Å². The van der Waals surface area contributed by atoms with Crippen LogP contribution in [0, 0.1) is 5.92 Å². The van der Waals surface area contributed by atoms with E-state index in [1.165, 1.54) is 0 Å². The number of aromatic amines is 1. The normalized spacial score (nSPS) is 22.5. The molecule has 148 valence electrons. The van der Waals surface area contributed by atoms with Crippen LogP contribution in [-0.4, -0.2) is 44.8 Å². The Kier molecular flexibility index (Phi) is 3.97. The van der Waals surface area contributed by atoms with Gasteiger partial charge in [-0.1, -0.05) is 6.07 Å². The molecular weight excluding hydrogens is 374 g/mol. The van der Waals surface area contributed by atoms with Crippen molar-refractivity contribution >= 4 is 29.3 Å². The van der Waals surface area contributed by atoms with Gasteiger partial charge in [0.2, 0.25) is 11.8 Å². The number of benzene rings is 1. The van der Waals surface area contributed by atoms with Crippen LogP contribution < -0.4 is 10.6 Å². The van der Waals surface area contributed by atoms with Crippen molar-refractivity contribution < 1.29 is 19.2 Å². The standard InChI is InChI=1S/C20H19N5O4/c26-15-7-6-14(18(27)24-15)25-19(28)12-2-1-3-13(16(12)20(25)29)23-17(10-4-5-10)11-8-21-22-9-11/h1-3,8-10,14,17,23H,4-7H2,(H,21,22)(H,24,26,27). The molecule has 2 atom stereocenters. The fourth-order valence-corrected chi connectivity index (χ4v) is 4.14. The molecule has 1 aliphatic carbocycles. The lowest BCUT2D eigenvalue weighted by atomic mass is 10.0. The zero-order valence-electron chi connectivity index (χ0n) is 15.5. The van der Waals surface area contributed by atoms with Crippen LogP contribution in [0.5, 0.6) is 0 Å². The van der Waals surface area contributed by atoms with E-state index in [0.717, 1.165) is 23.3 Å². The van der Waals surface area contributed by atoms with Crippen LogP contribution in [0.1, 0.15) is 58.0 Å². The number of rotatable bonds is 5. The van der Waals surface area contributed by atoms with Gasteiger partial charge in [0, 0.05) is 23.9 Å². The highest BCUT2D eigenvalue weighted by Gasteiger charge is 2.46. The highest BCUT2D eigenvalue weighted by atomic mass is 16.2. The molecule has 2 aromatic rings. The summed E-state index contributed by atoms with van der Waals surface area (Å²) in [6.45, 7) is 0. The SMILES string of the molecule is O=C1CCC(N2C(=O)c3cccc(NC(c4cn[nH]c4)C4CC4)c3C2=O)C(=O)N1. The maximum absolute atomic E-state index is 13.2. The van der Waals surface area contributed by atoms with Gasteiger partial charge < -0.3 is 5.32 Å². The molecule has 1 aromatic heterocycles. The van der Waals surface area contributed by atoms with Crippen molar-refractivity contribution in [1.82, 2.24) is 20.4 Å². The van der Waals surface area contributed by atoms with Crippen LogP contribution in [0.3, 0.4) is 0 Å². The van der Waals surface area contributed by atoms with E-state index in [-0.39, 0.29) is 30.0 Å². The van der Waals surface area contributed by atoms with E-state index < -0.39 is 29.7 Å². The highest BCUT2D eigenvalue weighted by Crippen LogP contribution is 2.44. The Morgan fingerprint density at radius 3 is 2.62 bits per heavy atom. The topological polar surface area (TPSA) is 124 Å². The second-order valence-corrected chi connectivity index (χ2v) is 7.67. The van der Waals surface area contributed by atoms with E-state index in [9.17, 15) is 19.2 Å². The van der Waals surface area contributed by atoms with Crippen molar-refractivity contribution in [2.75, 3.05) is 5.32 Å². The number of H-pyrrole nitrogens is 1. The first kappa shape index (κ1) is 17.6. The maximum atomic E-state index is 13.2. The van der Waals surface area contributed by atoms with Gasteiger partial charge in [-0.05, 0) is 37.3 Å². The summed E-state index contributed by atoms with van der Waals surface area (Å²) < 4.78 is 0. The Hall–Kier alpha value is -3.49. The van der Waals surface area contributed by atoms with Crippen molar-refractivity contribution in [1.29, 1.82) is 0 Å². The van der Waals surface area contributed by atoms with Gasteiger partial charge in [0.1, 0.15) is 6.04 Å². The fraction of sp³-hybridized carbons (Fsp3) is 0.350. The number of piperidine rings is 1. The summed E-state index contributed by atoms with van der Waals surface area (Å²) in [7, 11) is 0. The summed E-state index contributed by atoms with van der Waals surface area (Å²) in [5, 5.41) is 12.5. The third-order valence-corrected chi connectivity index (χ3v) is 5.75. The van der Waals surface area contributed by atoms with E-state index in [4.69, 9.17) is 0 Å². The summed E-state index contributed by atoms with van der Waals surface area (Å²) in [4.78, 5) is 50.8. The number of carbonyl (C=O) groups excluding carboxylic acids is 4. The predicted molar refractivity (Wildman–Crippen MR) is 101 cm³/mol. The first-order chi connectivity index (χ1) is 14.0. The lowest BCUT2D eigenvalue weighted by Gasteiger charge is -2.28. The van der Waals surface area contributed by atoms with E-state index >= 15 is 0 Å². The molecule has 0 radical (unpaired) electrons. The van der Waals surface area contributed by atoms with Gasteiger partial charge in [-0.3, -0.25) is 34.5 Å². The number of hydrogen-bond donors (Lipinski definition) is 3. The molecule has 4 amide bonds. The van der Waals surface area contributed by atoms with Crippen molar-refractivity contribution in [2.24, 2.45) is 5.92 Å². The van der Waals surface area contributed by atoms with E-state index in [1.807, 2.05) is 6.20 Å². The molecule has 29 heavy (non-hydrogen) atoms. The quantitative estimate of drug-likeness (QED) is 0.659. The fourth-order valence-electron chi connectivity index (χ4n) is 4.14. The second kappa shape index (κ2) is 6.54. The number of amides is 4. The molecule has 0 spiro atoms. The van der Waals surface area contributed by atoms with Crippen LogP contribution in [-0.2, 0) is 9.59 Å². The largest absolute Gasteiger partial charge is 0.377 e. The van der Waals surface area contributed by atoms with E-state index in [0.29, 0.717) is 11.6 Å². The lowest BCUT2D eigenvalue weighted by Crippen LogP contribution is -2.54. The number of anilines is 1.